The molecule has 1 fully saturated rings. The van der Waals surface area contributed by atoms with Crippen LogP contribution in [0.4, 0.5) is 0 Å². The van der Waals surface area contributed by atoms with Gasteiger partial charge in [-0.25, -0.2) is 0 Å². The smallest absolute Gasteiger partial charge is 0.0698 e. The van der Waals surface area contributed by atoms with E-state index in [1.807, 2.05) is 0 Å². The van der Waals surface area contributed by atoms with Gasteiger partial charge in [0.05, 0.1) is 19.8 Å². The second-order valence-electron chi connectivity index (χ2n) is 5.38. The van der Waals surface area contributed by atoms with E-state index in [0.717, 1.165) is 45.9 Å². The molecular formula is C16H26N2O2. The highest BCUT2D eigenvalue weighted by molar-refractivity contribution is 5.25. The summed E-state index contributed by atoms with van der Waals surface area (Å²) in [6, 6.07) is 8.63. The fraction of sp³-hybridized carbons (Fsp3) is 0.625. The average molecular weight is 278 g/mol. The van der Waals surface area contributed by atoms with Gasteiger partial charge >= 0.3 is 0 Å². The standard InChI is InChI=1S/C16H26N2O2/c1-15-4-2-3-5-16(15)14-18-8-6-17(7-9-18)10-12-20-13-11-19/h2-5,19H,6-14H2,1H3. The van der Waals surface area contributed by atoms with E-state index in [1.54, 1.807) is 0 Å². The van der Waals surface area contributed by atoms with Crippen LogP contribution >= 0.6 is 0 Å². The zero-order chi connectivity index (χ0) is 14.2. The number of nitrogens with zero attached hydrogens (tertiary/aromatic N) is 2. The lowest BCUT2D eigenvalue weighted by molar-refractivity contribution is 0.0563. The minimum absolute atomic E-state index is 0.115. The van der Waals surface area contributed by atoms with Crippen LogP contribution in [0.15, 0.2) is 24.3 Å². The number of hydrogen-bond donors (Lipinski definition) is 1. The van der Waals surface area contributed by atoms with Crippen molar-refractivity contribution >= 4 is 0 Å². The molecule has 1 aliphatic heterocycles. The van der Waals surface area contributed by atoms with Gasteiger partial charge in [0.15, 0.2) is 0 Å². The van der Waals surface area contributed by atoms with Gasteiger partial charge in [0.1, 0.15) is 0 Å². The van der Waals surface area contributed by atoms with Crippen LogP contribution in [0.3, 0.4) is 0 Å². The Kier molecular flexibility index (Phi) is 6.47. The second kappa shape index (κ2) is 8.37. The van der Waals surface area contributed by atoms with Crippen molar-refractivity contribution in [2.45, 2.75) is 13.5 Å². The van der Waals surface area contributed by atoms with Gasteiger partial charge in [0, 0.05) is 39.3 Å². The quantitative estimate of drug-likeness (QED) is 0.758. The van der Waals surface area contributed by atoms with E-state index in [2.05, 4.69) is 41.0 Å². The Bertz CT molecular complexity index is 390. The lowest BCUT2D eigenvalue weighted by Gasteiger charge is -2.34. The van der Waals surface area contributed by atoms with Crippen LogP contribution in [0.1, 0.15) is 11.1 Å². The highest BCUT2D eigenvalue weighted by Crippen LogP contribution is 2.12. The third-order valence-electron chi connectivity index (χ3n) is 3.91. The third kappa shape index (κ3) is 4.87. The van der Waals surface area contributed by atoms with Gasteiger partial charge in [-0.1, -0.05) is 24.3 Å². The van der Waals surface area contributed by atoms with Crippen molar-refractivity contribution in [3.8, 4) is 0 Å². The molecular weight excluding hydrogens is 252 g/mol. The van der Waals surface area contributed by atoms with Crippen molar-refractivity contribution in [1.82, 2.24) is 9.80 Å². The summed E-state index contributed by atoms with van der Waals surface area (Å²) in [5, 5.41) is 8.66. The molecule has 0 aliphatic carbocycles. The Hall–Kier alpha value is -0.940. The molecule has 0 bridgehead atoms. The van der Waals surface area contributed by atoms with Crippen LogP contribution < -0.4 is 0 Å². The topological polar surface area (TPSA) is 35.9 Å². The molecule has 4 heteroatoms. The van der Waals surface area contributed by atoms with Crippen LogP contribution in [-0.4, -0.2) is 67.5 Å². The summed E-state index contributed by atoms with van der Waals surface area (Å²) in [6.45, 7) is 9.95. The first-order valence-electron chi connectivity index (χ1n) is 7.47. The fourth-order valence-corrected chi connectivity index (χ4v) is 2.56. The van der Waals surface area contributed by atoms with Crippen molar-refractivity contribution in [2.24, 2.45) is 0 Å². The first kappa shape index (κ1) is 15.4. The first-order valence-corrected chi connectivity index (χ1v) is 7.47. The van der Waals surface area contributed by atoms with Crippen molar-refractivity contribution in [3.63, 3.8) is 0 Å². The molecule has 1 N–H and O–H groups in total. The van der Waals surface area contributed by atoms with E-state index < -0.39 is 0 Å². The Morgan fingerprint density at radius 1 is 1.05 bits per heavy atom. The highest BCUT2D eigenvalue weighted by atomic mass is 16.5. The van der Waals surface area contributed by atoms with Gasteiger partial charge < -0.3 is 9.84 Å². The van der Waals surface area contributed by atoms with Crippen LogP contribution in [0.25, 0.3) is 0 Å². The SMILES string of the molecule is Cc1ccccc1CN1CCN(CCOCCO)CC1. The summed E-state index contributed by atoms with van der Waals surface area (Å²) in [7, 11) is 0. The molecule has 1 aliphatic rings. The maximum absolute atomic E-state index is 8.66. The molecule has 4 nitrogen and oxygen atoms in total. The van der Waals surface area contributed by atoms with E-state index >= 15 is 0 Å². The number of benzene rings is 1. The molecule has 0 aromatic heterocycles. The number of rotatable bonds is 7. The highest BCUT2D eigenvalue weighted by Gasteiger charge is 2.16. The Balaban J connectivity index is 1.68. The first-order chi connectivity index (χ1) is 9.79. The third-order valence-corrected chi connectivity index (χ3v) is 3.91. The minimum atomic E-state index is 0.115. The van der Waals surface area contributed by atoms with Gasteiger partial charge in [-0.05, 0) is 18.1 Å². The van der Waals surface area contributed by atoms with Crippen molar-refractivity contribution in [2.75, 3.05) is 52.5 Å². The predicted molar refractivity (Wildman–Crippen MR) is 80.8 cm³/mol. The van der Waals surface area contributed by atoms with Crippen LogP contribution in [0.5, 0.6) is 0 Å². The molecule has 1 aromatic carbocycles. The van der Waals surface area contributed by atoms with Crippen molar-refractivity contribution < 1.29 is 9.84 Å². The van der Waals surface area contributed by atoms with E-state index in [1.165, 1.54) is 11.1 Å². The van der Waals surface area contributed by atoms with Gasteiger partial charge in [-0.15, -0.1) is 0 Å². The van der Waals surface area contributed by atoms with Crippen LogP contribution in [0, 0.1) is 6.92 Å². The zero-order valence-corrected chi connectivity index (χ0v) is 12.4. The molecule has 20 heavy (non-hydrogen) atoms. The molecule has 1 aromatic rings. The van der Waals surface area contributed by atoms with Crippen molar-refractivity contribution in [1.29, 1.82) is 0 Å². The van der Waals surface area contributed by atoms with Crippen molar-refractivity contribution in [3.05, 3.63) is 35.4 Å². The largest absolute Gasteiger partial charge is 0.394 e. The van der Waals surface area contributed by atoms with Crippen LogP contribution in [0.2, 0.25) is 0 Å². The summed E-state index contributed by atoms with van der Waals surface area (Å²) in [5.74, 6) is 0. The second-order valence-corrected chi connectivity index (χ2v) is 5.38. The summed E-state index contributed by atoms with van der Waals surface area (Å²) < 4.78 is 5.32. The predicted octanol–water partition coefficient (Wildman–Crippen LogP) is 1.12. The number of hydrogen-bond acceptors (Lipinski definition) is 4. The maximum atomic E-state index is 8.66. The number of piperazine rings is 1. The normalized spacial score (nSPS) is 17.5. The molecule has 1 heterocycles. The molecule has 0 atom stereocenters. The number of aliphatic hydroxyl groups is 1. The summed E-state index contributed by atoms with van der Waals surface area (Å²) >= 11 is 0. The zero-order valence-electron chi connectivity index (χ0n) is 12.4. The molecule has 112 valence electrons. The van der Waals surface area contributed by atoms with Gasteiger partial charge in [-0.3, -0.25) is 9.80 Å². The molecule has 0 amide bonds. The van der Waals surface area contributed by atoms with E-state index in [4.69, 9.17) is 9.84 Å². The summed E-state index contributed by atoms with van der Waals surface area (Å²) in [4.78, 5) is 4.96. The molecule has 0 unspecified atom stereocenters. The fourth-order valence-electron chi connectivity index (χ4n) is 2.56. The lowest BCUT2D eigenvalue weighted by Crippen LogP contribution is -2.46. The minimum Gasteiger partial charge on any atom is -0.394 e. The molecule has 2 rings (SSSR count). The summed E-state index contributed by atoms with van der Waals surface area (Å²) in [5.41, 5.74) is 2.82. The number of aryl methyl sites for hydroxylation is 1. The average Bonchev–Trinajstić information content (AvgIpc) is 2.48. The molecule has 0 radical (unpaired) electrons. The number of aliphatic hydroxyl groups excluding tert-OH is 1. The maximum Gasteiger partial charge on any atom is 0.0698 e. The van der Waals surface area contributed by atoms with Crippen LogP contribution in [-0.2, 0) is 11.3 Å². The van der Waals surface area contributed by atoms with E-state index in [-0.39, 0.29) is 6.61 Å². The van der Waals surface area contributed by atoms with Gasteiger partial charge in [-0.2, -0.15) is 0 Å². The van der Waals surface area contributed by atoms with Gasteiger partial charge in [0.25, 0.3) is 0 Å². The number of ether oxygens (including phenoxy) is 1. The Labute approximate surface area is 122 Å². The van der Waals surface area contributed by atoms with E-state index in [9.17, 15) is 0 Å². The Morgan fingerprint density at radius 3 is 2.45 bits per heavy atom. The lowest BCUT2D eigenvalue weighted by atomic mass is 10.1. The van der Waals surface area contributed by atoms with Gasteiger partial charge in [0.2, 0.25) is 0 Å². The molecule has 1 saturated heterocycles. The molecule has 0 spiro atoms. The monoisotopic (exact) mass is 278 g/mol. The van der Waals surface area contributed by atoms with E-state index in [0.29, 0.717) is 6.61 Å². The molecule has 0 saturated carbocycles. The summed E-state index contributed by atoms with van der Waals surface area (Å²) in [6.07, 6.45) is 0. The Morgan fingerprint density at radius 2 is 1.75 bits per heavy atom.